The van der Waals surface area contributed by atoms with Gasteiger partial charge in [0.2, 0.25) is 0 Å². The third-order valence-electron chi connectivity index (χ3n) is 2.89. The summed E-state index contributed by atoms with van der Waals surface area (Å²) in [5.41, 5.74) is 3.79. The molecular weight excluding hydrogens is 184 g/mol. The Bertz CT molecular complexity index is 480. The second kappa shape index (κ2) is 3.69. The average Bonchev–Trinajstić information content (AvgIpc) is 2.45. The van der Waals surface area contributed by atoms with Gasteiger partial charge in [-0.05, 0) is 37.0 Å². The van der Waals surface area contributed by atoms with E-state index in [4.69, 9.17) is 0 Å². The molecule has 0 saturated carbocycles. The fourth-order valence-corrected chi connectivity index (χ4v) is 2.02. The normalized spacial score (nSPS) is 11.5. The Morgan fingerprint density at radius 3 is 2.80 bits per heavy atom. The molecule has 15 heavy (non-hydrogen) atoms. The van der Waals surface area contributed by atoms with E-state index in [-0.39, 0.29) is 0 Å². The maximum Gasteiger partial charge on any atom is 0.140 e. The Morgan fingerprint density at radius 2 is 2.13 bits per heavy atom. The first kappa shape index (κ1) is 10.2. The van der Waals surface area contributed by atoms with Crippen LogP contribution in [0.25, 0.3) is 11.0 Å². The van der Waals surface area contributed by atoms with Crippen LogP contribution in [0.5, 0.6) is 0 Å². The number of nitrogens with zero attached hydrogens (tertiary/aromatic N) is 2. The molecule has 0 fully saturated rings. The number of rotatable bonds is 2. The van der Waals surface area contributed by atoms with Gasteiger partial charge in [0, 0.05) is 24.3 Å². The molecule has 2 nitrogen and oxygen atoms in total. The van der Waals surface area contributed by atoms with Gasteiger partial charge < -0.3 is 4.57 Å². The first-order valence-electron chi connectivity index (χ1n) is 5.49. The van der Waals surface area contributed by atoms with Crippen LogP contribution >= 0.6 is 0 Å². The zero-order valence-corrected chi connectivity index (χ0v) is 9.91. The van der Waals surface area contributed by atoms with Crippen molar-refractivity contribution in [3.8, 4) is 0 Å². The van der Waals surface area contributed by atoms with Crippen molar-refractivity contribution >= 4 is 11.0 Å². The summed E-state index contributed by atoms with van der Waals surface area (Å²) in [5, 5.41) is 1.31. The molecule has 0 atom stereocenters. The average molecular weight is 202 g/mol. The minimum absolute atomic E-state index is 0.691. The standard InChI is InChI=1S/C13H18N2/c1-9(2)7-11-5-6-14-13-12(11)8-10(3)15(13)4/h5-6,8-9H,7H2,1-4H3. The molecule has 0 N–H and O–H groups in total. The minimum atomic E-state index is 0.691. The molecule has 0 aliphatic heterocycles. The maximum absolute atomic E-state index is 4.43. The van der Waals surface area contributed by atoms with Gasteiger partial charge in [0.05, 0.1) is 0 Å². The lowest BCUT2D eigenvalue weighted by Crippen LogP contribution is -1.96. The highest BCUT2D eigenvalue weighted by Gasteiger charge is 2.08. The Balaban J connectivity index is 2.61. The van der Waals surface area contributed by atoms with Crippen LogP contribution in [0.3, 0.4) is 0 Å². The smallest absolute Gasteiger partial charge is 0.140 e. The molecule has 2 heteroatoms. The fourth-order valence-electron chi connectivity index (χ4n) is 2.02. The summed E-state index contributed by atoms with van der Waals surface area (Å²) < 4.78 is 2.15. The molecule has 2 aromatic rings. The topological polar surface area (TPSA) is 17.8 Å². The number of pyridine rings is 1. The predicted molar refractivity (Wildman–Crippen MR) is 64.0 cm³/mol. The summed E-state index contributed by atoms with van der Waals surface area (Å²) in [7, 11) is 2.07. The SMILES string of the molecule is Cc1cc2c(CC(C)C)ccnc2n1C. The highest BCUT2D eigenvalue weighted by molar-refractivity contribution is 5.81. The number of hydrogen-bond acceptors (Lipinski definition) is 1. The lowest BCUT2D eigenvalue weighted by atomic mass is 10.0. The van der Waals surface area contributed by atoms with Crippen LogP contribution in [-0.4, -0.2) is 9.55 Å². The van der Waals surface area contributed by atoms with E-state index in [0.717, 1.165) is 12.1 Å². The Kier molecular flexibility index (Phi) is 2.51. The van der Waals surface area contributed by atoms with Gasteiger partial charge in [-0.2, -0.15) is 0 Å². The van der Waals surface area contributed by atoms with Gasteiger partial charge in [-0.15, -0.1) is 0 Å². The van der Waals surface area contributed by atoms with Gasteiger partial charge in [-0.1, -0.05) is 13.8 Å². The largest absolute Gasteiger partial charge is 0.333 e. The van der Waals surface area contributed by atoms with Crippen LogP contribution in [0.1, 0.15) is 25.1 Å². The predicted octanol–water partition coefficient (Wildman–Crippen LogP) is 3.08. The summed E-state index contributed by atoms with van der Waals surface area (Å²) in [6, 6.07) is 4.38. The van der Waals surface area contributed by atoms with Crippen molar-refractivity contribution in [3.63, 3.8) is 0 Å². The lowest BCUT2D eigenvalue weighted by Gasteiger charge is -2.06. The highest BCUT2D eigenvalue weighted by Crippen LogP contribution is 2.22. The number of hydrogen-bond donors (Lipinski definition) is 0. The zero-order valence-electron chi connectivity index (χ0n) is 9.91. The molecule has 2 rings (SSSR count). The van der Waals surface area contributed by atoms with Crippen molar-refractivity contribution < 1.29 is 0 Å². The van der Waals surface area contributed by atoms with E-state index in [1.165, 1.54) is 16.6 Å². The van der Waals surface area contributed by atoms with Gasteiger partial charge in [-0.3, -0.25) is 0 Å². The Morgan fingerprint density at radius 1 is 1.40 bits per heavy atom. The van der Waals surface area contributed by atoms with Crippen molar-refractivity contribution in [2.75, 3.05) is 0 Å². The molecule has 0 saturated heterocycles. The van der Waals surface area contributed by atoms with Crippen molar-refractivity contribution in [3.05, 3.63) is 29.6 Å². The van der Waals surface area contributed by atoms with Gasteiger partial charge >= 0.3 is 0 Å². The molecule has 0 bridgehead atoms. The Labute approximate surface area is 90.9 Å². The van der Waals surface area contributed by atoms with Crippen molar-refractivity contribution in [2.45, 2.75) is 27.2 Å². The van der Waals surface area contributed by atoms with E-state index in [1.807, 2.05) is 6.20 Å². The first-order valence-corrected chi connectivity index (χ1v) is 5.49. The molecule has 0 unspecified atom stereocenters. The molecule has 2 aromatic heterocycles. The molecular formula is C13H18N2. The van der Waals surface area contributed by atoms with Gasteiger partial charge in [0.15, 0.2) is 0 Å². The summed E-state index contributed by atoms with van der Waals surface area (Å²) in [6.45, 7) is 6.63. The van der Waals surface area contributed by atoms with Crippen LogP contribution in [0, 0.1) is 12.8 Å². The molecule has 0 spiro atoms. The fraction of sp³-hybridized carbons (Fsp3) is 0.462. The molecule has 80 valence electrons. The third-order valence-corrected chi connectivity index (χ3v) is 2.89. The summed E-state index contributed by atoms with van der Waals surface area (Å²) in [5.74, 6) is 0.691. The van der Waals surface area contributed by atoms with Gasteiger partial charge in [-0.25, -0.2) is 4.98 Å². The van der Waals surface area contributed by atoms with E-state index in [0.29, 0.717) is 5.92 Å². The maximum atomic E-state index is 4.43. The van der Waals surface area contributed by atoms with E-state index >= 15 is 0 Å². The van der Waals surface area contributed by atoms with Gasteiger partial charge in [0.1, 0.15) is 5.65 Å². The lowest BCUT2D eigenvalue weighted by molar-refractivity contribution is 0.650. The van der Waals surface area contributed by atoms with Crippen LogP contribution in [-0.2, 0) is 13.5 Å². The number of aryl methyl sites for hydroxylation is 2. The molecule has 0 aliphatic carbocycles. The highest BCUT2D eigenvalue weighted by atomic mass is 15.0. The van der Waals surface area contributed by atoms with Gasteiger partial charge in [0.25, 0.3) is 0 Å². The second-order valence-electron chi connectivity index (χ2n) is 4.65. The number of aromatic nitrogens is 2. The molecule has 0 aromatic carbocycles. The van der Waals surface area contributed by atoms with E-state index in [1.54, 1.807) is 0 Å². The second-order valence-corrected chi connectivity index (χ2v) is 4.65. The van der Waals surface area contributed by atoms with Crippen molar-refractivity contribution in [1.29, 1.82) is 0 Å². The monoisotopic (exact) mass is 202 g/mol. The van der Waals surface area contributed by atoms with Crippen molar-refractivity contribution in [1.82, 2.24) is 9.55 Å². The molecule has 0 aliphatic rings. The molecule has 0 amide bonds. The van der Waals surface area contributed by atoms with Crippen LogP contribution in [0.15, 0.2) is 18.3 Å². The quantitative estimate of drug-likeness (QED) is 0.731. The van der Waals surface area contributed by atoms with Crippen LogP contribution in [0.4, 0.5) is 0 Å². The number of fused-ring (bicyclic) bond motifs is 1. The first-order chi connectivity index (χ1) is 7.09. The van der Waals surface area contributed by atoms with Crippen LogP contribution < -0.4 is 0 Å². The summed E-state index contributed by atoms with van der Waals surface area (Å²) in [6.07, 6.45) is 3.04. The Hall–Kier alpha value is -1.31. The van der Waals surface area contributed by atoms with Crippen LogP contribution in [0.2, 0.25) is 0 Å². The zero-order chi connectivity index (χ0) is 11.0. The summed E-state index contributed by atoms with van der Waals surface area (Å²) >= 11 is 0. The molecule has 0 radical (unpaired) electrons. The van der Waals surface area contributed by atoms with E-state index in [9.17, 15) is 0 Å². The minimum Gasteiger partial charge on any atom is -0.333 e. The molecule has 2 heterocycles. The summed E-state index contributed by atoms with van der Waals surface area (Å²) in [4.78, 5) is 4.43. The van der Waals surface area contributed by atoms with E-state index < -0.39 is 0 Å². The van der Waals surface area contributed by atoms with Crippen molar-refractivity contribution in [2.24, 2.45) is 13.0 Å². The third kappa shape index (κ3) is 1.76. The van der Waals surface area contributed by atoms with E-state index in [2.05, 4.69) is 49.5 Å².